The average molecular weight is 915 g/mol. The van der Waals surface area contributed by atoms with E-state index in [1.807, 2.05) is 21.6 Å². The van der Waals surface area contributed by atoms with Gasteiger partial charge in [0.2, 0.25) is 0 Å². The minimum atomic E-state index is -1.82. The molecule has 0 unspecified atom stereocenters. The summed E-state index contributed by atoms with van der Waals surface area (Å²) in [5.41, 5.74) is 0. The van der Waals surface area contributed by atoms with Crippen LogP contribution in [-0.2, 0) is 85.1 Å². The molecule has 0 radical (unpaired) electrons. The molecule has 20 nitrogen and oxygen atoms in total. The van der Waals surface area contributed by atoms with Gasteiger partial charge < -0.3 is 10.2 Å². The lowest BCUT2D eigenvalue weighted by molar-refractivity contribution is -0.883. The van der Waals surface area contributed by atoms with Gasteiger partial charge in [0, 0.05) is 53.2 Å². The highest BCUT2D eigenvalue weighted by molar-refractivity contribution is 8.76. The summed E-state index contributed by atoms with van der Waals surface area (Å²) < 4.78 is 0. The van der Waals surface area contributed by atoms with E-state index in [1.54, 1.807) is 0 Å². The van der Waals surface area contributed by atoms with Gasteiger partial charge in [-0.25, -0.2) is 14.6 Å². The summed E-state index contributed by atoms with van der Waals surface area (Å²) >= 11 is 0. The van der Waals surface area contributed by atoms with Crippen LogP contribution in [0, 0.1) is 0 Å². The van der Waals surface area contributed by atoms with Crippen LogP contribution >= 0.6 is 21.6 Å². The van der Waals surface area contributed by atoms with E-state index in [0.29, 0.717) is 6.42 Å². The number of rotatable bonds is 54. The molecule has 358 valence electrons. The van der Waals surface area contributed by atoms with Gasteiger partial charge in [0.1, 0.15) is 0 Å². The highest BCUT2D eigenvalue weighted by atomic mass is 33.1. The Bertz CT molecular complexity index is 790. The minimum absolute atomic E-state index is 0.285. The molecule has 0 aromatic rings. The van der Waals surface area contributed by atoms with Crippen molar-refractivity contribution < 1.29 is 100 Å². The summed E-state index contributed by atoms with van der Waals surface area (Å²) in [6.07, 6.45) is 40.0. The number of unbranched alkanes of at least 4 members (excludes halogenated alkanes) is 30. The van der Waals surface area contributed by atoms with Gasteiger partial charge in [0.15, 0.2) is 0 Å². The molecule has 22 heteroatoms. The third kappa shape index (κ3) is 56.8. The van der Waals surface area contributed by atoms with Crippen LogP contribution < -0.4 is 0 Å². The second-order valence-corrected chi connectivity index (χ2v) is 16.9. The summed E-state index contributed by atoms with van der Waals surface area (Å²) in [6.45, 7) is 0.285. The molecule has 60 heavy (non-hydrogen) atoms. The van der Waals surface area contributed by atoms with Crippen LogP contribution in [0.5, 0.6) is 0 Å². The predicted octanol–water partition coefficient (Wildman–Crippen LogP) is 13.0. The van der Waals surface area contributed by atoms with Gasteiger partial charge in [-0.15, -0.1) is 0 Å². The summed E-state index contributed by atoms with van der Waals surface area (Å²) in [5.74, 6) is 1.85. The topological polar surface area (TPSA) is 222 Å². The quantitative estimate of drug-likeness (QED) is 0.0250. The van der Waals surface area contributed by atoms with Gasteiger partial charge in [0.05, 0.1) is 6.61 Å². The van der Waals surface area contributed by atoms with E-state index in [9.17, 15) is 9.59 Å². The Balaban J connectivity index is 3.07. The third-order valence-electron chi connectivity index (χ3n) is 9.17. The SMILES string of the molecule is O=C(O)CCCCCCCCCCCCCCCCCCCCCCCCCCSSCCCCCCCCCCOOOOOOOOOOOOOOOOC(=O)O. The average Bonchev–Trinajstić information content (AvgIpc) is 3.23. The van der Waals surface area contributed by atoms with Gasteiger partial charge >= 0.3 is 12.1 Å². The lowest BCUT2D eigenvalue weighted by atomic mass is 10.0. The van der Waals surface area contributed by atoms with Crippen LogP contribution in [0.3, 0.4) is 0 Å². The second-order valence-electron chi connectivity index (χ2n) is 14.2. The van der Waals surface area contributed by atoms with Crippen molar-refractivity contribution >= 4 is 33.7 Å². The maximum atomic E-state index is 10.5. The fraction of sp³-hybridized carbons (Fsp3) is 0.947. The van der Waals surface area contributed by atoms with E-state index in [1.165, 1.54) is 185 Å². The molecule has 2 N–H and O–H groups in total. The number of hydrogen-bond donors (Lipinski definition) is 2. The van der Waals surface area contributed by atoms with Crippen molar-refractivity contribution in [3.8, 4) is 0 Å². The molecular formula is C38H74O20S2. The summed E-state index contributed by atoms with van der Waals surface area (Å²) in [6, 6.07) is 0. The van der Waals surface area contributed by atoms with E-state index in [2.05, 4.69) is 75.4 Å². The van der Waals surface area contributed by atoms with Gasteiger partial charge in [-0.2, -0.15) is 0 Å². The molecule has 0 spiro atoms. The van der Waals surface area contributed by atoms with Crippen LogP contribution in [-0.4, -0.2) is 40.5 Å². The molecule has 0 aromatic heterocycles. The summed E-state index contributed by atoms with van der Waals surface area (Å²) in [7, 11) is 4.08. The summed E-state index contributed by atoms with van der Waals surface area (Å²) in [4.78, 5) is 28.4. The Morgan fingerprint density at radius 2 is 0.550 bits per heavy atom. The molecule has 0 saturated carbocycles. The lowest BCUT2D eigenvalue weighted by Gasteiger charge is -2.05. The number of carbonyl (C=O) groups is 2. The fourth-order valence-corrected chi connectivity index (χ4v) is 8.35. The molecule has 0 amide bonds. The lowest BCUT2D eigenvalue weighted by Crippen LogP contribution is -2.06. The Morgan fingerprint density at radius 3 is 0.850 bits per heavy atom. The van der Waals surface area contributed by atoms with Crippen molar-refractivity contribution in [2.24, 2.45) is 0 Å². The van der Waals surface area contributed by atoms with E-state index in [4.69, 9.17) is 15.1 Å². The van der Waals surface area contributed by atoms with Crippen LogP contribution in [0.2, 0.25) is 0 Å². The van der Waals surface area contributed by atoms with Gasteiger partial charge in [-0.3, -0.25) is 4.79 Å². The highest BCUT2D eigenvalue weighted by Crippen LogP contribution is 2.25. The predicted molar refractivity (Wildman–Crippen MR) is 215 cm³/mol. The molecule has 0 aliphatic carbocycles. The van der Waals surface area contributed by atoms with E-state index in [0.717, 1.165) is 32.1 Å². The number of carboxylic acids is 1. The van der Waals surface area contributed by atoms with Crippen LogP contribution in [0.4, 0.5) is 4.79 Å². The van der Waals surface area contributed by atoms with E-state index >= 15 is 0 Å². The maximum absolute atomic E-state index is 10.5. The maximum Gasteiger partial charge on any atom is 0.540 e. The molecule has 0 bridgehead atoms. The van der Waals surface area contributed by atoms with Gasteiger partial charge in [0.25, 0.3) is 0 Å². The Hall–Kier alpha value is -1.16. The largest absolute Gasteiger partial charge is 0.540 e. The Kier molecular flexibility index (Phi) is 52.9. The molecule has 0 rings (SSSR count). The van der Waals surface area contributed by atoms with Gasteiger partial charge in [-0.1, -0.05) is 201 Å². The van der Waals surface area contributed by atoms with E-state index < -0.39 is 12.1 Å². The first-order chi connectivity index (χ1) is 29.6. The second kappa shape index (κ2) is 54.0. The van der Waals surface area contributed by atoms with Crippen molar-refractivity contribution in [1.82, 2.24) is 0 Å². The molecule has 0 saturated heterocycles. The number of hydrogen-bond acceptors (Lipinski definition) is 20. The summed E-state index contributed by atoms with van der Waals surface area (Å²) in [5, 5.41) is 68.4. The minimum Gasteiger partial charge on any atom is -0.481 e. The normalized spacial score (nSPS) is 11.5. The van der Waals surface area contributed by atoms with Crippen molar-refractivity contribution in [3.05, 3.63) is 0 Å². The third-order valence-corrected chi connectivity index (χ3v) is 11.7. The monoisotopic (exact) mass is 914 g/mol. The van der Waals surface area contributed by atoms with E-state index in [-0.39, 0.29) is 6.61 Å². The van der Waals surface area contributed by atoms with Crippen molar-refractivity contribution in [1.29, 1.82) is 0 Å². The van der Waals surface area contributed by atoms with Crippen molar-refractivity contribution in [2.75, 3.05) is 18.1 Å². The Labute approximate surface area is 363 Å². The standard InChI is InChI=1S/C38H74O20S2/c39-37(40)33-29-25-21-17-15-13-11-9-7-5-3-1-2-4-6-8-10-12-14-16-19-23-27-31-35-59-60-36-32-28-24-20-18-22-26-30-34-43-45-47-49-51-53-55-57-58-56-54-52-50-48-46-44-38(41)42/h1-36H2,(H,39,40)(H,41,42). The zero-order chi connectivity index (χ0) is 43.3. The molecule has 0 aromatic carbocycles. The van der Waals surface area contributed by atoms with Crippen molar-refractivity contribution in [2.45, 2.75) is 212 Å². The number of carboxylic acid groups (broad SMARTS) is 2. The molecular weight excluding hydrogens is 841 g/mol. The van der Waals surface area contributed by atoms with Crippen LogP contribution in [0.15, 0.2) is 0 Å². The molecule has 0 atom stereocenters. The van der Waals surface area contributed by atoms with Crippen LogP contribution in [0.1, 0.15) is 212 Å². The smallest absolute Gasteiger partial charge is 0.481 e. The van der Waals surface area contributed by atoms with Crippen molar-refractivity contribution in [3.63, 3.8) is 0 Å². The first kappa shape index (κ1) is 58.8. The first-order valence-electron chi connectivity index (χ1n) is 21.9. The molecule has 0 aliphatic heterocycles. The van der Waals surface area contributed by atoms with Gasteiger partial charge in [-0.05, 0) is 61.0 Å². The first-order valence-corrected chi connectivity index (χ1v) is 24.4. The fourth-order valence-electron chi connectivity index (χ4n) is 6.06. The zero-order valence-corrected chi connectivity index (χ0v) is 37.1. The van der Waals surface area contributed by atoms with Crippen LogP contribution in [0.25, 0.3) is 0 Å². The number of aliphatic carboxylic acids is 1. The highest BCUT2D eigenvalue weighted by Gasteiger charge is 2.03. The molecule has 0 fully saturated rings. The molecule has 0 aliphatic rings. The Morgan fingerprint density at radius 1 is 0.300 bits per heavy atom. The molecule has 0 heterocycles. The zero-order valence-electron chi connectivity index (χ0n) is 35.5.